The first-order valence-electron chi connectivity index (χ1n) is 4.53. The van der Waals surface area contributed by atoms with Gasteiger partial charge in [0.25, 0.3) is 0 Å². The monoisotopic (exact) mass is 212 g/mol. The van der Waals surface area contributed by atoms with Crippen molar-refractivity contribution in [2.45, 2.75) is 19.8 Å². The molecule has 0 heterocycles. The molecule has 0 aliphatic heterocycles. The van der Waals surface area contributed by atoms with Gasteiger partial charge in [-0.15, -0.1) is 11.6 Å². The Labute approximate surface area is 88.5 Å². The minimum absolute atomic E-state index is 0.356. The standard InChI is InChI=1S/C11H13ClO2/c1-8-5-9(3-2-4-12)7-10(6-8)11(13)14/h5-7H,2-4H2,1H3,(H,13,14). The van der Waals surface area contributed by atoms with Crippen LogP contribution in [-0.2, 0) is 6.42 Å². The van der Waals surface area contributed by atoms with Crippen molar-refractivity contribution in [2.24, 2.45) is 0 Å². The summed E-state index contributed by atoms with van der Waals surface area (Å²) in [7, 11) is 0. The number of rotatable bonds is 4. The number of aryl methyl sites for hydroxylation is 2. The fraction of sp³-hybridized carbons (Fsp3) is 0.364. The molecular formula is C11H13ClO2. The van der Waals surface area contributed by atoms with Crippen LogP contribution in [0.3, 0.4) is 0 Å². The molecule has 0 spiro atoms. The largest absolute Gasteiger partial charge is 0.478 e. The van der Waals surface area contributed by atoms with Gasteiger partial charge < -0.3 is 5.11 Å². The predicted molar refractivity (Wildman–Crippen MR) is 57.2 cm³/mol. The Morgan fingerprint density at radius 1 is 1.43 bits per heavy atom. The number of carbonyl (C=O) groups is 1. The van der Waals surface area contributed by atoms with E-state index < -0.39 is 5.97 Å². The van der Waals surface area contributed by atoms with Crippen molar-refractivity contribution in [2.75, 3.05) is 5.88 Å². The summed E-state index contributed by atoms with van der Waals surface area (Å²) in [6.45, 7) is 1.90. The number of benzene rings is 1. The maximum Gasteiger partial charge on any atom is 0.335 e. The second-order valence-electron chi connectivity index (χ2n) is 3.30. The fourth-order valence-corrected chi connectivity index (χ4v) is 1.53. The first-order valence-corrected chi connectivity index (χ1v) is 5.07. The number of carboxylic acids is 1. The number of alkyl halides is 1. The molecule has 2 nitrogen and oxygen atoms in total. The topological polar surface area (TPSA) is 37.3 Å². The molecule has 14 heavy (non-hydrogen) atoms. The lowest BCUT2D eigenvalue weighted by Crippen LogP contribution is -1.99. The first kappa shape index (κ1) is 11.1. The maximum atomic E-state index is 10.8. The quantitative estimate of drug-likeness (QED) is 0.780. The van der Waals surface area contributed by atoms with Crippen molar-refractivity contribution >= 4 is 17.6 Å². The summed E-state index contributed by atoms with van der Waals surface area (Å²) in [5.74, 6) is -0.267. The van der Waals surface area contributed by atoms with Crippen LogP contribution >= 0.6 is 11.6 Å². The number of halogens is 1. The van der Waals surface area contributed by atoms with Crippen LogP contribution in [0.5, 0.6) is 0 Å². The molecule has 1 aromatic rings. The lowest BCUT2D eigenvalue weighted by Gasteiger charge is -2.03. The van der Waals surface area contributed by atoms with Gasteiger partial charge in [0.2, 0.25) is 0 Å². The van der Waals surface area contributed by atoms with Gasteiger partial charge in [0.1, 0.15) is 0 Å². The van der Waals surface area contributed by atoms with Gasteiger partial charge in [0, 0.05) is 5.88 Å². The minimum atomic E-state index is -0.874. The van der Waals surface area contributed by atoms with E-state index >= 15 is 0 Å². The average molecular weight is 213 g/mol. The minimum Gasteiger partial charge on any atom is -0.478 e. The summed E-state index contributed by atoms with van der Waals surface area (Å²) in [6.07, 6.45) is 1.72. The van der Waals surface area contributed by atoms with E-state index in [2.05, 4.69) is 0 Å². The molecule has 0 amide bonds. The third kappa shape index (κ3) is 3.04. The lowest BCUT2D eigenvalue weighted by atomic mass is 10.0. The molecule has 0 aromatic heterocycles. The van der Waals surface area contributed by atoms with Gasteiger partial charge >= 0.3 is 5.97 Å². The van der Waals surface area contributed by atoms with Gasteiger partial charge in [-0.2, -0.15) is 0 Å². The van der Waals surface area contributed by atoms with Crippen LogP contribution in [0.4, 0.5) is 0 Å². The molecule has 0 saturated carbocycles. The van der Waals surface area contributed by atoms with Gasteiger partial charge in [0.15, 0.2) is 0 Å². The summed E-state index contributed by atoms with van der Waals surface area (Å²) >= 11 is 5.58. The Morgan fingerprint density at radius 2 is 2.14 bits per heavy atom. The molecule has 0 bridgehead atoms. The third-order valence-corrected chi connectivity index (χ3v) is 2.25. The van der Waals surface area contributed by atoms with Crippen molar-refractivity contribution < 1.29 is 9.90 Å². The first-order chi connectivity index (χ1) is 6.63. The smallest absolute Gasteiger partial charge is 0.335 e. The van der Waals surface area contributed by atoms with E-state index in [4.69, 9.17) is 16.7 Å². The van der Waals surface area contributed by atoms with Crippen molar-refractivity contribution in [1.82, 2.24) is 0 Å². The number of aromatic carboxylic acids is 1. The van der Waals surface area contributed by atoms with E-state index in [1.807, 2.05) is 13.0 Å². The summed E-state index contributed by atoms with van der Waals surface area (Å²) in [5.41, 5.74) is 2.38. The Kier molecular flexibility index (Phi) is 3.96. The van der Waals surface area contributed by atoms with Crippen LogP contribution in [0.1, 0.15) is 27.9 Å². The Hall–Kier alpha value is -1.02. The van der Waals surface area contributed by atoms with Crippen LogP contribution in [0.15, 0.2) is 18.2 Å². The van der Waals surface area contributed by atoms with Crippen LogP contribution in [0, 0.1) is 6.92 Å². The van der Waals surface area contributed by atoms with Crippen LogP contribution in [-0.4, -0.2) is 17.0 Å². The number of hydrogen-bond donors (Lipinski definition) is 1. The van der Waals surface area contributed by atoms with Crippen molar-refractivity contribution in [3.8, 4) is 0 Å². The molecular weight excluding hydrogens is 200 g/mol. The van der Waals surface area contributed by atoms with E-state index in [1.54, 1.807) is 12.1 Å². The Balaban J connectivity index is 2.89. The average Bonchev–Trinajstić information content (AvgIpc) is 2.14. The third-order valence-electron chi connectivity index (χ3n) is 1.98. The molecule has 1 N–H and O–H groups in total. The molecule has 0 fully saturated rings. The molecule has 0 saturated heterocycles. The van der Waals surface area contributed by atoms with Gasteiger partial charge in [-0.25, -0.2) is 4.79 Å². The van der Waals surface area contributed by atoms with Crippen LogP contribution in [0.2, 0.25) is 0 Å². The molecule has 1 rings (SSSR count). The van der Waals surface area contributed by atoms with E-state index in [-0.39, 0.29) is 0 Å². The van der Waals surface area contributed by atoms with Crippen molar-refractivity contribution in [3.63, 3.8) is 0 Å². The SMILES string of the molecule is Cc1cc(CCCCl)cc(C(=O)O)c1. The zero-order valence-electron chi connectivity index (χ0n) is 8.09. The summed E-state index contributed by atoms with van der Waals surface area (Å²) < 4.78 is 0. The lowest BCUT2D eigenvalue weighted by molar-refractivity contribution is 0.0696. The molecule has 0 aliphatic carbocycles. The van der Waals surface area contributed by atoms with E-state index in [0.29, 0.717) is 11.4 Å². The summed E-state index contributed by atoms with van der Waals surface area (Å²) in [5, 5.41) is 8.83. The second kappa shape index (κ2) is 5.01. The molecule has 1 aromatic carbocycles. The predicted octanol–water partition coefficient (Wildman–Crippen LogP) is 2.86. The second-order valence-corrected chi connectivity index (χ2v) is 3.68. The van der Waals surface area contributed by atoms with Crippen molar-refractivity contribution in [3.05, 3.63) is 34.9 Å². The van der Waals surface area contributed by atoms with Crippen molar-refractivity contribution in [1.29, 1.82) is 0 Å². The highest BCUT2D eigenvalue weighted by Gasteiger charge is 2.04. The van der Waals surface area contributed by atoms with E-state index in [1.165, 1.54) is 0 Å². The molecule has 0 unspecified atom stereocenters. The molecule has 0 radical (unpaired) electrons. The van der Waals surface area contributed by atoms with Crippen LogP contribution < -0.4 is 0 Å². The summed E-state index contributed by atoms with van der Waals surface area (Å²) in [4.78, 5) is 10.8. The van der Waals surface area contributed by atoms with Gasteiger partial charge in [-0.3, -0.25) is 0 Å². The maximum absolute atomic E-state index is 10.8. The Bertz CT molecular complexity index is 334. The molecule has 0 atom stereocenters. The highest BCUT2D eigenvalue weighted by Crippen LogP contribution is 2.12. The highest BCUT2D eigenvalue weighted by molar-refractivity contribution is 6.17. The van der Waals surface area contributed by atoms with E-state index in [9.17, 15) is 4.79 Å². The van der Waals surface area contributed by atoms with Crippen LogP contribution in [0.25, 0.3) is 0 Å². The van der Waals surface area contributed by atoms with Gasteiger partial charge in [-0.05, 0) is 37.5 Å². The fourth-order valence-electron chi connectivity index (χ4n) is 1.40. The normalized spacial score (nSPS) is 10.1. The van der Waals surface area contributed by atoms with E-state index in [0.717, 1.165) is 24.0 Å². The van der Waals surface area contributed by atoms with Gasteiger partial charge in [0.05, 0.1) is 5.56 Å². The number of carboxylic acid groups (broad SMARTS) is 1. The molecule has 3 heteroatoms. The summed E-state index contributed by atoms with van der Waals surface area (Å²) in [6, 6.07) is 5.38. The molecule has 76 valence electrons. The zero-order chi connectivity index (χ0) is 10.6. The molecule has 0 aliphatic rings. The zero-order valence-corrected chi connectivity index (χ0v) is 8.84. The Morgan fingerprint density at radius 3 is 2.71 bits per heavy atom. The highest BCUT2D eigenvalue weighted by atomic mass is 35.5. The van der Waals surface area contributed by atoms with Gasteiger partial charge in [-0.1, -0.05) is 11.6 Å². The number of hydrogen-bond acceptors (Lipinski definition) is 1.